The van der Waals surface area contributed by atoms with E-state index in [0.717, 1.165) is 31.2 Å². The average Bonchev–Trinajstić information content (AvgIpc) is 3.39. The first-order valence-electron chi connectivity index (χ1n) is 8.92. The van der Waals surface area contributed by atoms with E-state index in [0.29, 0.717) is 19.6 Å². The molecule has 0 radical (unpaired) electrons. The number of furan rings is 1. The molecule has 4 heterocycles. The zero-order valence-corrected chi connectivity index (χ0v) is 16.3. The van der Waals surface area contributed by atoms with E-state index >= 15 is 0 Å². The molecule has 140 valence electrons. The van der Waals surface area contributed by atoms with Gasteiger partial charge in [0.05, 0.1) is 6.04 Å². The summed E-state index contributed by atoms with van der Waals surface area (Å²) in [6, 6.07) is 3.49. The molecule has 0 N–H and O–H groups in total. The molecule has 2 aromatic rings. The van der Waals surface area contributed by atoms with Crippen LogP contribution in [0.1, 0.15) is 53.6 Å². The van der Waals surface area contributed by atoms with Crippen molar-refractivity contribution in [1.29, 1.82) is 0 Å². The molecular formula is C18H22N2O4S2. The lowest BCUT2D eigenvalue weighted by atomic mass is 10.1. The Hall–Kier alpha value is -1.64. The highest BCUT2D eigenvalue weighted by Crippen LogP contribution is 2.35. The molecule has 0 aromatic carbocycles. The highest BCUT2D eigenvalue weighted by molar-refractivity contribution is 7.89. The fourth-order valence-corrected chi connectivity index (χ4v) is 6.24. The molecular weight excluding hydrogens is 372 g/mol. The van der Waals surface area contributed by atoms with Crippen molar-refractivity contribution in [3.05, 3.63) is 40.0 Å². The van der Waals surface area contributed by atoms with Crippen LogP contribution in [0.15, 0.2) is 32.2 Å². The van der Waals surface area contributed by atoms with Crippen LogP contribution >= 0.6 is 11.3 Å². The second-order valence-electron chi connectivity index (χ2n) is 6.86. The van der Waals surface area contributed by atoms with Crippen molar-refractivity contribution in [2.75, 3.05) is 19.6 Å². The third-order valence-electron chi connectivity index (χ3n) is 5.21. The van der Waals surface area contributed by atoms with Gasteiger partial charge in [0, 0.05) is 25.7 Å². The largest absolute Gasteiger partial charge is 0.455 e. The average molecular weight is 395 g/mol. The van der Waals surface area contributed by atoms with Crippen LogP contribution in [-0.4, -0.2) is 43.2 Å². The van der Waals surface area contributed by atoms with Gasteiger partial charge in [0.2, 0.25) is 10.0 Å². The summed E-state index contributed by atoms with van der Waals surface area (Å²) in [5.74, 6) is 0.165. The zero-order valence-electron chi connectivity index (χ0n) is 14.7. The molecule has 6 nitrogen and oxygen atoms in total. The summed E-state index contributed by atoms with van der Waals surface area (Å²) in [4.78, 5) is 14.9. The van der Waals surface area contributed by atoms with E-state index in [4.69, 9.17) is 4.42 Å². The fourth-order valence-electron chi connectivity index (χ4n) is 3.86. The van der Waals surface area contributed by atoms with Gasteiger partial charge in [-0.05, 0) is 55.0 Å². The lowest BCUT2D eigenvalue weighted by molar-refractivity contribution is 0.0702. The fraction of sp³-hybridized carbons (Fsp3) is 0.500. The van der Waals surface area contributed by atoms with Gasteiger partial charge in [0.25, 0.3) is 5.91 Å². The second-order valence-corrected chi connectivity index (χ2v) is 9.54. The van der Waals surface area contributed by atoms with Gasteiger partial charge in [-0.3, -0.25) is 4.79 Å². The van der Waals surface area contributed by atoms with Crippen molar-refractivity contribution >= 4 is 27.3 Å². The lowest BCUT2D eigenvalue weighted by Gasteiger charge is -2.23. The van der Waals surface area contributed by atoms with Gasteiger partial charge in [0.15, 0.2) is 5.76 Å². The number of carbonyl (C=O) groups is 1. The van der Waals surface area contributed by atoms with Crippen LogP contribution in [0, 0.1) is 6.92 Å². The van der Waals surface area contributed by atoms with Crippen molar-refractivity contribution in [3.63, 3.8) is 0 Å². The van der Waals surface area contributed by atoms with Gasteiger partial charge in [0.1, 0.15) is 10.7 Å². The Labute approximate surface area is 157 Å². The summed E-state index contributed by atoms with van der Waals surface area (Å²) in [6.07, 6.45) is 3.60. The molecule has 8 heteroatoms. The third kappa shape index (κ3) is 3.00. The summed E-state index contributed by atoms with van der Waals surface area (Å²) in [5.41, 5.74) is 1.13. The maximum absolute atomic E-state index is 13.0. The molecule has 1 unspecified atom stereocenters. The van der Waals surface area contributed by atoms with Crippen LogP contribution in [-0.2, 0) is 10.0 Å². The molecule has 0 bridgehead atoms. The van der Waals surface area contributed by atoms with Crippen molar-refractivity contribution in [2.24, 2.45) is 0 Å². The van der Waals surface area contributed by atoms with Crippen LogP contribution in [0.25, 0.3) is 0 Å². The number of rotatable bonds is 4. The van der Waals surface area contributed by atoms with Crippen LogP contribution < -0.4 is 0 Å². The number of likely N-dealkylation sites (tertiary alicyclic amines) is 1. The van der Waals surface area contributed by atoms with E-state index in [1.165, 1.54) is 10.4 Å². The van der Waals surface area contributed by atoms with Crippen LogP contribution in [0.3, 0.4) is 0 Å². The minimum Gasteiger partial charge on any atom is -0.455 e. The topological polar surface area (TPSA) is 70.8 Å². The van der Waals surface area contributed by atoms with Crippen LogP contribution in [0.5, 0.6) is 0 Å². The summed E-state index contributed by atoms with van der Waals surface area (Å²) in [5, 5.41) is 4.07. The van der Waals surface area contributed by atoms with E-state index in [1.807, 2.05) is 11.4 Å². The molecule has 2 fully saturated rings. The van der Waals surface area contributed by atoms with E-state index in [1.54, 1.807) is 23.2 Å². The summed E-state index contributed by atoms with van der Waals surface area (Å²) in [6.45, 7) is 3.33. The normalized spacial score (nSPS) is 21.6. The maximum Gasteiger partial charge on any atom is 0.290 e. The standard InChI is InChI=1S/C18H22N2O4S2/c1-13-17(26(22,23)19-7-2-3-8-19)11-16(24-13)18(21)20-9-4-5-15(20)14-6-10-25-12-14/h6,10-12,15H,2-5,7-9H2,1H3. The molecule has 0 aliphatic carbocycles. The van der Waals surface area contributed by atoms with E-state index in [2.05, 4.69) is 5.38 Å². The Morgan fingerprint density at radius 2 is 2.00 bits per heavy atom. The molecule has 2 aliphatic heterocycles. The minimum atomic E-state index is -3.59. The number of hydrogen-bond acceptors (Lipinski definition) is 5. The molecule has 0 saturated carbocycles. The zero-order chi connectivity index (χ0) is 18.3. The van der Waals surface area contributed by atoms with Gasteiger partial charge < -0.3 is 9.32 Å². The number of aryl methyl sites for hydroxylation is 1. The van der Waals surface area contributed by atoms with Gasteiger partial charge in [-0.25, -0.2) is 8.42 Å². The van der Waals surface area contributed by atoms with Crippen molar-refractivity contribution in [2.45, 2.75) is 43.5 Å². The highest BCUT2D eigenvalue weighted by atomic mass is 32.2. The monoisotopic (exact) mass is 394 g/mol. The Balaban J connectivity index is 1.61. The van der Waals surface area contributed by atoms with Gasteiger partial charge in [-0.15, -0.1) is 0 Å². The number of carbonyl (C=O) groups excluding carboxylic acids is 1. The first kappa shape index (κ1) is 17.8. The molecule has 1 amide bonds. The summed E-state index contributed by atoms with van der Waals surface area (Å²) in [7, 11) is -3.59. The molecule has 0 spiro atoms. The number of amides is 1. The number of sulfonamides is 1. The second kappa shape index (κ2) is 6.83. The Morgan fingerprint density at radius 3 is 2.69 bits per heavy atom. The van der Waals surface area contributed by atoms with Gasteiger partial charge in [-0.1, -0.05) is 0 Å². The van der Waals surface area contributed by atoms with Gasteiger partial charge in [-0.2, -0.15) is 15.6 Å². The quantitative estimate of drug-likeness (QED) is 0.797. The van der Waals surface area contributed by atoms with E-state index in [-0.39, 0.29) is 28.4 Å². The van der Waals surface area contributed by atoms with E-state index in [9.17, 15) is 13.2 Å². The van der Waals surface area contributed by atoms with Crippen LogP contribution in [0.2, 0.25) is 0 Å². The molecule has 4 rings (SSSR count). The Bertz CT molecular complexity index is 896. The van der Waals surface area contributed by atoms with Crippen LogP contribution in [0.4, 0.5) is 0 Å². The third-order valence-corrected chi connectivity index (χ3v) is 7.92. The highest BCUT2D eigenvalue weighted by Gasteiger charge is 2.35. The predicted molar refractivity (Wildman–Crippen MR) is 98.8 cm³/mol. The molecule has 26 heavy (non-hydrogen) atoms. The Kier molecular flexibility index (Phi) is 4.66. The maximum atomic E-state index is 13.0. The smallest absolute Gasteiger partial charge is 0.290 e. The molecule has 1 atom stereocenters. The van der Waals surface area contributed by atoms with Crippen molar-refractivity contribution in [3.8, 4) is 0 Å². The number of thiophene rings is 1. The van der Waals surface area contributed by atoms with Crippen molar-refractivity contribution in [1.82, 2.24) is 9.21 Å². The molecule has 2 saturated heterocycles. The Morgan fingerprint density at radius 1 is 1.23 bits per heavy atom. The first-order chi connectivity index (χ1) is 12.5. The number of hydrogen-bond donors (Lipinski definition) is 0. The SMILES string of the molecule is Cc1oc(C(=O)N2CCCC2c2ccsc2)cc1S(=O)(=O)N1CCCC1. The lowest BCUT2D eigenvalue weighted by Crippen LogP contribution is -2.30. The first-order valence-corrected chi connectivity index (χ1v) is 11.3. The predicted octanol–water partition coefficient (Wildman–Crippen LogP) is 3.41. The number of nitrogens with zero attached hydrogens (tertiary/aromatic N) is 2. The van der Waals surface area contributed by atoms with Crippen molar-refractivity contribution < 1.29 is 17.6 Å². The summed E-state index contributed by atoms with van der Waals surface area (Å²) < 4.78 is 32.7. The molecule has 2 aliphatic rings. The van der Waals surface area contributed by atoms with E-state index < -0.39 is 10.0 Å². The minimum absolute atomic E-state index is 0.0396. The summed E-state index contributed by atoms with van der Waals surface area (Å²) >= 11 is 1.61. The van der Waals surface area contributed by atoms with Gasteiger partial charge >= 0.3 is 0 Å². The molecule has 2 aromatic heterocycles.